The summed E-state index contributed by atoms with van der Waals surface area (Å²) in [6.07, 6.45) is 3.02. The van der Waals surface area contributed by atoms with Crippen molar-refractivity contribution in [2.24, 2.45) is 0 Å². The quantitative estimate of drug-likeness (QED) is 0.302. The van der Waals surface area contributed by atoms with E-state index in [1.807, 2.05) is 58.2 Å². The lowest BCUT2D eigenvalue weighted by molar-refractivity contribution is 0.0950. The molecule has 1 amide bonds. The number of nitrogens with one attached hydrogen (secondary N) is 5. The zero-order valence-corrected chi connectivity index (χ0v) is 21.9. The van der Waals surface area contributed by atoms with Gasteiger partial charge in [0.15, 0.2) is 0 Å². The van der Waals surface area contributed by atoms with Gasteiger partial charge in [-0.15, -0.1) is 0 Å². The van der Waals surface area contributed by atoms with Gasteiger partial charge in [0.2, 0.25) is 0 Å². The first-order valence-electron chi connectivity index (χ1n) is 12.6. The Morgan fingerprint density at radius 3 is 2.54 bits per heavy atom. The molecule has 0 spiro atoms. The highest BCUT2D eigenvalue weighted by atomic mass is 16.1. The molecule has 3 aromatic rings. The number of carbonyl (C=O) groups excluding carboxylic acids is 1. The molecule has 9 nitrogen and oxygen atoms in total. The molecule has 2 aromatic heterocycles. The van der Waals surface area contributed by atoms with E-state index in [0.717, 1.165) is 54.4 Å². The fourth-order valence-electron chi connectivity index (χ4n) is 4.60. The van der Waals surface area contributed by atoms with E-state index < -0.39 is 0 Å². The minimum absolute atomic E-state index is 0.0931. The normalized spacial score (nSPS) is 13.5. The standard InChI is InChI=1S/C28H35N7O2/c1-17(2)33-25-13-21(20-5-6-26(31-15-20)35-9-7-30-8-10-35)12-22(23(25)14-29)27(36)32-16-24-18(3)11-19(4)34-28(24)37/h5-6,11-15,17,29-30,33H,7-10,16H2,1-4H3,(H,32,36)(H,34,37). The van der Waals surface area contributed by atoms with E-state index in [1.165, 1.54) is 6.21 Å². The van der Waals surface area contributed by atoms with Crippen molar-refractivity contribution in [1.82, 2.24) is 20.6 Å². The summed E-state index contributed by atoms with van der Waals surface area (Å²) in [6.45, 7) is 11.5. The molecule has 0 aliphatic carbocycles. The number of H-pyrrole nitrogens is 1. The molecule has 1 aliphatic rings. The number of hydrogen-bond donors (Lipinski definition) is 5. The number of aromatic nitrogens is 2. The Hall–Kier alpha value is -3.98. The maximum atomic E-state index is 13.4. The maximum Gasteiger partial charge on any atom is 0.253 e. The third kappa shape index (κ3) is 6.06. The SMILES string of the molecule is Cc1cc(C)c(CNC(=O)c2cc(-c3ccc(N4CCNCC4)nc3)cc(NC(C)C)c2C=N)c(=O)[nH]1. The first-order valence-corrected chi connectivity index (χ1v) is 12.6. The van der Waals surface area contributed by atoms with Crippen molar-refractivity contribution in [3.05, 3.63) is 74.8 Å². The molecule has 0 bridgehead atoms. The van der Waals surface area contributed by atoms with Gasteiger partial charge in [-0.1, -0.05) is 0 Å². The first-order chi connectivity index (χ1) is 17.8. The molecule has 0 radical (unpaired) electrons. The van der Waals surface area contributed by atoms with E-state index in [4.69, 9.17) is 5.41 Å². The highest BCUT2D eigenvalue weighted by Gasteiger charge is 2.19. The van der Waals surface area contributed by atoms with Crippen LogP contribution in [-0.2, 0) is 6.54 Å². The highest BCUT2D eigenvalue weighted by Crippen LogP contribution is 2.30. The first kappa shape index (κ1) is 26.1. The second-order valence-electron chi connectivity index (χ2n) is 9.70. The van der Waals surface area contributed by atoms with E-state index in [9.17, 15) is 9.59 Å². The number of carbonyl (C=O) groups is 1. The molecule has 5 N–H and O–H groups in total. The summed E-state index contributed by atoms with van der Waals surface area (Å²) in [5.74, 6) is 0.579. The average molecular weight is 502 g/mol. The van der Waals surface area contributed by atoms with Crippen LogP contribution in [0.3, 0.4) is 0 Å². The Morgan fingerprint density at radius 2 is 1.92 bits per heavy atom. The molecule has 0 unspecified atom stereocenters. The van der Waals surface area contributed by atoms with Gasteiger partial charge in [0.25, 0.3) is 11.5 Å². The zero-order valence-electron chi connectivity index (χ0n) is 21.9. The lowest BCUT2D eigenvalue weighted by atomic mass is 9.97. The fraction of sp³-hybridized carbons (Fsp3) is 0.357. The Morgan fingerprint density at radius 1 is 1.16 bits per heavy atom. The van der Waals surface area contributed by atoms with Crippen LogP contribution in [0.25, 0.3) is 11.1 Å². The van der Waals surface area contributed by atoms with Crippen LogP contribution in [0.4, 0.5) is 11.5 Å². The van der Waals surface area contributed by atoms with Crippen LogP contribution in [0.1, 0.15) is 46.6 Å². The second-order valence-corrected chi connectivity index (χ2v) is 9.70. The number of hydrogen-bond acceptors (Lipinski definition) is 7. The van der Waals surface area contributed by atoms with Gasteiger partial charge in [-0.05, 0) is 69.2 Å². The summed E-state index contributed by atoms with van der Waals surface area (Å²) in [5.41, 5.74) is 5.15. The molecule has 3 heterocycles. The molecule has 1 saturated heterocycles. The third-order valence-corrected chi connectivity index (χ3v) is 6.45. The molecule has 0 saturated carbocycles. The number of anilines is 2. The number of nitrogens with zero attached hydrogens (tertiary/aromatic N) is 2. The highest BCUT2D eigenvalue weighted by molar-refractivity contribution is 6.06. The summed E-state index contributed by atoms with van der Waals surface area (Å²) < 4.78 is 0. The van der Waals surface area contributed by atoms with Crippen molar-refractivity contribution in [3.63, 3.8) is 0 Å². The van der Waals surface area contributed by atoms with E-state index in [0.29, 0.717) is 22.4 Å². The van der Waals surface area contributed by atoms with Crippen molar-refractivity contribution in [2.45, 2.75) is 40.3 Å². The molecule has 1 aliphatic heterocycles. The Labute approximate surface area is 217 Å². The smallest absolute Gasteiger partial charge is 0.253 e. The molecular formula is C28H35N7O2. The maximum absolute atomic E-state index is 13.4. The molecule has 9 heteroatoms. The van der Waals surface area contributed by atoms with Gasteiger partial charge < -0.3 is 31.2 Å². The average Bonchev–Trinajstić information content (AvgIpc) is 2.87. The van der Waals surface area contributed by atoms with Crippen LogP contribution in [-0.4, -0.2) is 54.3 Å². The van der Waals surface area contributed by atoms with Crippen LogP contribution in [0.15, 0.2) is 41.3 Å². The summed E-state index contributed by atoms with van der Waals surface area (Å²) in [7, 11) is 0. The van der Waals surface area contributed by atoms with Gasteiger partial charge in [-0.3, -0.25) is 9.59 Å². The number of pyridine rings is 2. The lowest BCUT2D eigenvalue weighted by Gasteiger charge is -2.28. The van der Waals surface area contributed by atoms with Gasteiger partial charge in [0.1, 0.15) is 5.82 Å². The minimum Gasteiger partial charge on any atom is -0.382 e. The van der Waals surface area contributed by atoms with Crippen molar-refractivity contribution in [1.29, 1.82) is 5.41 Å². The molecule has 0 atom stereocenters. The largest absolute Gasteiger partial charge is 0.382 e. The van der Waals surface area contributed by atoms with E-state index in [2.05, 4.69) is 30.8 Å². The predicted molar refractivity (Wildman–Crippen MR) is 149 cm³/mol. The molecule has 194 valence electrons. The summed E-state index contributed by atoms with van der Waals surface area (Å²) in [6, 6.07) is 9.75. The topological polar surface area (TPSA) is 126 Å². The van der Waals surface area contributed by atoms with Crippen LogP contribution in [0, 0.1) is 19.3 Å². The molecule has 37 heavy (non-hydrogen) atoms. The van der Waals surface area contributed by atoms with E-state index in [-0.39, 0.29) is 24.1 Å². The Balaban J connectivity index is 1.67. The van der Waals surface area contributed by atoms with Gasteiger partial charge >= 0.3 is 0 Å². The van der Waals surface area contributed by atoms with Crippen molar-refractivity contribution < 1.29 is 4.79 Å². The van der Waals surface area contributed by atoms with Crippen LogP contribution in [0.2, 0.25) is 0 Å². The second kappa shape index (κ2) is 11.4. The summed E-state index contributed by atoms with van der Waals surface area (Å²) >= 11 is 0. The molecule has 4 rings (SSSR count). The molecule has 1 aromatic carbocycles. The number of aryl methyl sites for hydroxylation is 2. The number of aromatic amines is 1. The minimum atomic E-state index is -0.350. The van der Waals surface area contributed by atoms with E-state index >= 15 is 0 Å². The number of rotatable bonds is 8. The summed E-state index contributed by atoms with van der Waals surface area (Å²) in [4.78, 5) is 35.5. The van der Waals surface area contributed by atoms with Gasteiger partial charge in [0, 0.05) is 79.2 Å². The summed E-state index contributed by atoms with van der Waals surface area (Å²) in [5, 5.41) is 17.6. The van der Waals surface area contributed by atoms with Crippen molar-refractivity contribution >= 4 is 23.6 Å². The predicted octanol–water partition coefficient (Wildman–Crippen LogP) is 3.21. The Bertz CT molecular complexity index is 1340. The third-order valence-electron chi connectivity index (χ3n) is 6.45. The Kier molecular flexibility index (Phi) is 8.03. The zero-order chi connectivity index (χ0) is 26.5. The van der Waals surface area contributed by atoms with Crippen molar-refractivity contribution in [2.75, 3.05) is 36.4 Å². The van der Waals surface area contributed by atoms with Gasteiger partial charge in [-0.25, -0.2) is 4.98 Å². The number of piperazine rings is 1. The monoisotopic (exact) mass is 501 g/mol. The molecule has 1 fully saturated rings. The van der Waals surface area contributed by atoms with Crippen LogP contribution >= 0.6 is 0 Å². The molecular weight excluding hydrogens is 466 g/mol. The van der Waals surface area contributed by atoms with Gasteiger partial charge in [0.05, 0.1) is 5.56 Å². The lowest BCUT2D eigenvalue weighted by Crippen LogP contribution is -2.43. The fourth-order valence-corrected chi connectivity index (χ4v) is 4.60. The number of benzene rings is 1. The van der Waals surface area contributed by atoms with Gasteiger partial charge in [-0.2, -0.15) is 0 Å². The van der Waals surface area contributed by atoms with Crippen LogP contribution in [0.5, 0.6) is 0 Å². The van der Waals surface area contributed by atoms with Crippen molar-refractivity contribution in [3.8, 4) is 11.1 Å². The number of amides is 1. The van der Waals surface area contributed by atoms with Crippen LogP contribution < -0.4 is 26.4 Å². The van der Waals surface area contributed by atoms with E-state index in [1.54, 1.807) is 6.07 Å².